The van der Waals surface area contributed by atoms with E-state index in [1.54, 1.807) is 19.3 Å². The fraction of sp³-hybridized carbons (Fsp3) is 0.441. The number of H-pyrrole nitrogens is 1. The molecule has 41 heavy (non-hydrogen) atoms. The van der Waals surface area contributed by atoms with Crippen molar-refractivity contribution < 1.29 is 19.1 Å². The van der Waals surface area contributed by atoms with Crippen molar-refractivity contribution >= 4 is 18.0 Å². The van der Waals surface area contributed by atoms with Crippen LogP contribution in [0, 0.1) is 0 Å². The predicted molar refractivity (Wildman–Crippen MR) is 165 cm³/mol. The van der Waals surface area contributed by atoms with Crippen LogP contribution in [-0.2, 0) is 14.3 Å². The number of esters is 1. The van der Waals surface area contributed by atoms with Crippen molar-refractivity contribution in [3.63, 3.8) is 0 Å². The molecular formula is C34H45N3O4. The van der Waals surface area contributed by atoms with Crippen molar-refractivity contribution in [2.75, 3.05) is 19.8 Å². The van der Waals surface area contributed by atoms with Gasteiger partial charge in [-0.15, -0.1) is 0 Å². The van der Waals surface area contributed by atoms with Crippen LogP contribution < -0.4 is 10.1 Å². The first-order valence-corrected chi connectivity index (χ1v) is 15.1. The van der Waals surface area contributed by atoms with Crippen LogP contribution in [0.5, 0.6) is 5.75 Å². The highest BCUT2D eigenvalue weighted by molar-refractivity contribution is 5.91. The molecule has 0 atom stereocenters. The number of hydrogen-bond donors (Lipinski definition) is 2. The highest BCUT2D eigenvalue weighted by atomic mass is 16.6. The Morgan fingerprint density at radius 3 is 2.12 bits per heavy atom. The van der Waals surface area contributed by atoms with Crippen molar-refractivity contribution in [2.24, 2.45) is 0 Å². The van der Waals surface area contributed by atoms with Crippen LogP contribution in [-0.4, -0.2) is 41.6 Å². The van der Waals surface area contributed by atoms with Gasteiger partial charge in [-0.1, -0.05) is 89.0 Å². The lowest BCUT2D eigenvalue weighted by molar-refractivity contribution is -0.145. The van der Waals surface area contributed by atoms with Crippen molar-refractivity contribution in [3.8, 4) is 28.3 Å². The van der Waals surface area contributed by atoms with Crippen molar-refractivity contribution in [1.29, 1.82) is 0 Å². The van der Waals surface area contributed by atoms with Gasteiger partial charge in [-0.3, -0.25) is 4.79 Å². The maximum absolute atomic E-state index is 12.2. The molecule has 0 saturated heterocycles. The Balaban J connectivity index is 1.41. The third-order valence-corrected chi connectivity index (χ3v) is 6.89. The molecule has 1 aromatic heterocycles. The van der Waals surface area contributed by atoms with Crippen LogP contribution >= 0.6 is 0 Å². The monoisotopic (exact) mass is 559 g/mol. The molecule has 2 N–H and O–H groups in total. The molecule has 0 unspecified atom stereocenters. The molecule has 7 nitrogen and oxygen atoms in total. The van der Waals surface area contributed by atoms with Gasteiger partial charge in [0.1, 0.15) is 5.75 Å². The van der Waals surface area contributed by atoms with Gasteiger partial charge in [0, 0.05) is 23.7 Å². The maximum Gasteiger partial charge on any atom is 0.344 e. The minimum absolute atomic E-state index is 0.0597. The first kappa shape index (κ1) is 31.7. The van der Waals surface area contributed by atoms with Gasteiger partial charge in [-0.25, -0.2) is 9.78 Å². The standard InChI is InChI=1S/C34H45N3O4/c1-3-5-6-7-8-9-10-11-12-13-24-35-31(38)23-16-27-14-17-28(18-15-27)33-34(37-26-36-33)29-19-21-30(22-20-29)41-25-32(39)40-4-2/h14-23,26H,3-13,24-25H2,1-2H3,(H,35,38)(H,36,37)/b23-16+. The van der Waals surface area contributed by atoms with Gasteiger partial charge in [0.25, 0.3) is 0 Å². The summed E-state index contributed by atoms with van der Waals surface area (Å²) < 4.78 is 10.4. The van der Waals surface area contributed by atoms with Crippen molar-refractivity contribution in [1.82, 2.24) is 15.3 Å². The van der Waals surface area contributed by atoms with E-state index in [2.05, 4.69) is 22.2 Å². The molecule has 2 aromatic carbocycles. The second-order valence-electron chi connectivity index (χ2n) is 10.2. The molecule has 0 spiro atoms. The number of nitrogens with one attached hydrogen (secondary N) is 2. The first-order chi connectivity index (χ1) is 20.1. The lowest BCUT2D eigenvalue weighted by Gasteiger charge is -2.07. The summed E-state index contributed by atoms with van der Waals surface area (Å²) in [6, 6.07) is 15.4. The number of carbonyl (C=O) groups is 2. The summed E-state index contributed by atoms with van der Waals surface area (Å²) in [6.07, 6.45) is 18.0. The van der Waals surface area contributed by atoms with Gasteiger partial charge >= 0.3 is 5.97 Å². The summed E-state index contributed by atoms with van der Waals surface area (Å²) in [5, 5.41) is 2.99. The summed E-state index contributed by atoms with van der Waals surface area (Å²) >= 11 is 0. The Bertz CT molecular complexity index is 1200. The third-order valence-electron chi connectivity index (χ3n) is 6.89. The minimum atomic E-state index is -0.394. The Labute approximate surface area is 244 Å². The van der Waals surface area contributed by atoms with Gasteiger partial charge < -0.3 is 19.8 Å². The second kappa shape index (κ2) is 18.5. The van der Waals surface area contributed by atoms with Gasteiger partial charge in [0.05, 0.1) is 24.3 Å². The van der Waals surface area contributed by atoms with E-state index in [1.165, 1.54) is 57.8 Å². The van der Waals surface area contributed by atoms with Gasteiger partial charge in [0.15, 0.2) is 6.61 Å². The molecule has 0 fully saturated rings. The normalized spacial score (nSPS) is 11.1. The molecule has 3 rings (SSSR count). The zero-order valence-corrected chi connectivity index (χ0v) is 24.6. The number of hydrogen-bond acceptors (Lipinski definition) is 5. The summed E-state index contributed by atoms with van der Waals surface area (Å²) in [5.41, 5.74) is 4.58. The van der Waals surface area contributed by atoms with E-state index < -0.39 is 5.97 Å². The lowest BCUT2D eigenvalue weighted by atomic mass is 10.0. The summed E-state index contributed by atoms with van der Waals surface area (Å²) in [7, 11) is 0. The molecule has 0 bridgehead atoms. The highest BCUT2D eigenvalue weighted by Gasteiger charge is 2.11. The number of ether oxygens (including phenoxy) is 2. The summed E-state index contributed by atoms with van der Waals surface area (Å²) in [5.74, 6) is 0.132. The average molecular weight is 560 g/mol. The van der Waals surface area contributed by atoms with E-state index in [9.17, 15) is 9.59 Å². The largest absolute Gasteiger partial charge is 0.482 e. The van der Waals surface area contributed by atoms with Crippen LogP contribution in [0.15, 0.2) is 60.9 Å². The number of carbonyl (C=O) groups excluding carboxylic acids is 2. The van der Waals surface area contributed by atoms with E-state index in [0.717, 1.165) is 41.0 Å². The van der Waals surface area contributed by atoms with Crippen LogP contribution in [0.4, 0.5) is 0 Å². The molecule has 220 valence electrons. The van der Waals surface area contributed by atoms with Gasteiger partial charge in [-0.05, 0) is 49.2 Å². The number of aromatic nitrogens is 2. The van der Waals surface area contributed by atoms with Crippen molar-refractivity contribution in [3.05, 3.63) is 66.5 Å². The van der Waals surface area contributed by atoms with Crippen LogP contribution in [0.2, 0.25) is 0 Å². The van der Waals surface area contributed by atoms with Crippen molar-refractivity contribution in [2.45, 2.75) is 78.1 Å². The molecule has 3 aromatic rings. The predicted octanol–water partition coefficient (Wildman–Crippen LogP) is 7.74. The minimum Gasteiger partial charge on any atom is -0.482 e. The number of imidazole rings is 1. The summed E-state index contributed by atoms with van der Waals surface area (Å²) in [6.45, 7) is 4.94. The lowest BCUT2D eigenvalue weighted by Crippen LogP contribution is -2.21. The quantitative estimate of drug-likeness (QED) is 0.0890. The third kappa shape index (κ3) is 11.6. The molecule has 1 amide bonds. The number of rotatable bonds is 19. The zero-order valence-electron chi connectivity index (χ0n) is 24.6. The van der Waals surface area contributed by atoms with E-state index >= 15 is 0 Å². The SMILES string of the molecule is CCCCCCCCCCCCNC(=O)/C=C/c1ccc(-c2[nH]cnc2-c2ccc(OCC(=O)OCC)cc2)cc1. The highest BCUT2D eigenvalue weighted by Crippen LogP contribution is 2.30. The van der Waals surface area contributed by atoms with E-state index in [0.29, 0.717) is 12.4 Å². The fourth-order valence-electron chi connectivity index (χ4n) is 4.60. The van der Waals surface area contributed by atoms with E-state index in [4.69, 9.17) is 9.47 Å². The van der Waals surface area contributed by atoms with Crippen LogP contribution in [0.1, 0.15) is 83.6 Å². The van der Waals surface area contributed by atoms with E-state index in [-0.39, 0.29) is 12.5 Å². The molecule has 0 aliphatic rings. The molecule has 0 aliphatic carbocycles. The second-order valence-corrected chi connectivity index (χ2v) is 10.2. The topological polar surface area (TPSA) is 93.3 Å². The smallest absolute Gasteiger partial charge is 0.344 e. The van der Waals surface area contributed by atoms with E-state index in [1.807, 2.05) is 54.6 Å². The first-order valence-electron chi connectivity index (χ1n) is 15.1. The molecule has 7 heteroatoms. The number of amides is 1. The van der Waals surface area contributed by atoms with Gasteiger partial charge in [0.2, 0.25) is 5.91 Å². The molecule has 0 aliphatic heterocycles. The Hall–Kier alpha value is -3.87. The Morgan fingerprint density at radius 1 is 0.829 bits per heavy atom. The number of benzene rings is 2. The molecule has 1 heterocycles. The summed E-state index contributed by atoms with van der Waals surface area (Å²) in [4.78, 5) is 31.5. The molecule has 0 radical (unpaired) electrons. The zero-order chi connectivity index (χ0) is 29.1. The number of nitrogens with zero attached hydrogens (tertiary/aromatic N) is 1. The fourth-order valence-corrected chi connectivity index (χ4v) is 4.60. The molecule has 0 saturated carbocycles. The Kier molecular flexibility index (Phi) is 14.3. The van der Waals surface area contributed by atoms with Crippen LogP contribution in [0.25, 0.3) is 28.6 Å². The van der Waals surface area contributed by atoms with Crippen LogP contribution in [0.3, 0.4) is 0 Å². The average Bonchev–Trinajstić information content (AvgIpc) is 3.48. The van der Waals surface area contributed by atoms with Gasteiger partial charge in [-0.2, -0.15) is 0 Å². The number of aromatic amines is 1. The number of unbranched alkanes of at least 4 members (excludes halogenated alkanes) is 9. The Morgan fingerprint density at radius 2 is 1.46 bits per heavy atom. The molecular weight excluding hydrogens is 514 g/mol. The maximum atomic E-state index is 12.2.